The van der Waals surface area contributed by atoms with Crippen LogP contribution in [-0.2, 0) is 16.1 Å². The van der Waals surface area contributed by atoms with Crippen molar-refractivity contribution < 1.29 is 9.59 Å². The van der Waals surface area contributed by atoms with Crippen molar-refractivity contribution in [2.75, 3.05) is 26.2 Å². The van der Waals surface area contributed by atoms with Gasteiger partial charge in [-0.05, 0) is 23.3 Å². The molecule has 0 radical (unpaired) electrons. The van der Waals surface area contributed by atoms with Crippen LogP contribution in [0.1, 0.15) is 39.0 Å². The van der Waals surface area contributed by atoms with E-state index in [0.717, 1.165) is 26.2 Å². The molecule has 0 aliphatic carbocycles. The summed E-state index contributed by atoms with van der Waals surface area (Å²) in [7, 11) is 0. The fourth-order valence-electron chi connectivity index (χ4n) is 3.23. The van der Waals surface area contributed by atoms with Gasteiger partial charge in [0.05, 0.1) is 12.5 Å². The molecule has 0 bridgehead atoms. The molecular weight excluding hydrogens is 334 g/mol. The quantitative estimate of drug-likeness (QED) is 0.770. The van der Waals surface area contributed by atoms with E-state index in [1.54, 1.807) is 11.3 Å². The Balaban J connectivity index is 2.06. The number of carbonyl (C=O) groups excluding carboxylic acids is 2. The van der Waals surface area contributed by atoms with Crippen molar-refractivity contribution in [2.45, 2.75) is 46.7 Å². The molecule has 2 rings (SSSR count). The molecule has 1 aliphatic heterocycles. The van der Waals surface area contributed by atoms with Crippen LogP contribution in [0.5, 0.6) is 0 Å². The lowest BCUT2D eigenvalue weighted by atomic mass is 10.1. The highest BCUT2D eigenvalue weighted by molar-refractivity contribution is 7.09. The van der Waals surface area contributed by atoms with E-state index in [1.807, 2.05) is 16.3 Å². The number of nitrogens with zero attached hydrogens (tertiary/aromatic N) is 2. The number of piperazine rings is 1. The summed E-state index contributed by atoms with van der Waals surface area (Å²) in [6.45, 7) is 12.2. The molecule has 1 atom stereocenters. The molecule has 25 heavy (non-hydrogen) atoms. The van der Waals surface area contributed by atoms with Crippen molar-refractivity contribution in [3.05, 3.63) is 22.4 Å². The molecule has 6 heteroatoms. The van der Waals surface area contributed by atoms with Gasteiger partial charge in [-0.3, -0.25) is 14.5 Å². The monoisotopic (exact) mass is 365 g/mol. The second-order valence-corrected chi connectivity index (χ2v) is 8.68. The van der Waals surface area contributed by atoms with Crippen molar-refractivity contribution in [3.8, 4) is 0 Å². The third-order valence-electron chi connectivity index (χ3n) is 4.27. The van der Waals surface area contributed by atoms with Crippen molar-refractivity contribution in [3.63, 3.8) is 0 Å². The summed E-state index contributed by atoms with van der Waals surface area (Å²) < 4.78 is 0. The van der Waals surface area contributed by atoms with Crippen LogP contribution in [0.2, 0.25) is 0 Å². The Labute approximate surface area is 155 Å². The Morgan fingerprint density at radius 3 is 2.56 bits per heavy atom. The van der Waals surface area contributed by atoms with Crippen LogP contribution in [0.15, 0.2) is 17.5 Å². The minimum atomic E-state index is -0.370. The summed E-state index contributed by atoms with van der Waals surface area (Å²) in [6, 6.07) is 3.74. The van der Waals surface area contributed by atoms with Crippen LogP contribution >= 0.6 is 11.3 Å². The van der Waals surface area contributed by atoms with Gasteiger partial charge in [0.25, 0.3) is 0 Å². The van der Waals surface area contributed by atoms with E-state index < -0.39 is 0 Å². The zero-order valence-corrected chi connectivity index (χ0v) is 16.6. The second kappa shape index (κ2) is 9.34. The van der Waals surface area contributed by atoms with E-state index in [2.05, 4.69) is 44.0 Å². The summed E-state index contributed by atoms with van der Waals surface area (Å²) >= 11 is 1.69. The van der Waals surface area contributed by atoms with Crippen LogP contribution < -0.4 is 5.32 Å². The molecule has 0 spiro atoms. The lowest BCUT2D eigenvalue weighted by Crippen LogP contribution is -2.56. The molecule has 0 saturated carbocycles. The molecule has 0 aromatic carbocycles. The molecule has 0 unspecified atom stereocenters. The van der Waals surface area contributed by atoms with E-state index in [0.29, 0.717) is 18.4 Å². The Bertz CT molecular complexity index is 547. The highest BCUT2D eigenvalue weighted by Crippen LogP contribution is 2.18. The zero-order valence-electron chi connectivity index (χ0n) is 15.8. The van der Waals surface area contributed by atoms with E-state index in [9.17, 15) is 9.59 Å². The highest BCUT2D eigenvalue weighted by Gasteiger charge is 2.33. The Morgan fingerprint density at radius 2 is 2.00 bits per heavy atom. The van der Waals surface area contributed by atoms with Gasteiger partial charge in [-0.1, -0.05) is 33.8 Å². The third-order valence-corrected chi connectivity index (χ3v) is 5.13. The van der Waals surface area contributed by atoms with E-state index >= 15 is 0 Å². The van der Waals surface area contributed by atoms with Crippen molar-refractivity contribution in [1.82, 2.24) is 15.1 Å². The molecule has 1 fully saturated rings. The van der Waals surface area contributed by atoms with E-state index in [-0.39, 0.29) is 24.3 Å². The molecule has 1 aromatic heterocycles. The fraction of sp³-hybridized carbons (Fsp3) is 0.684. The lowest BCUT2D eigenvalue weighted by molar-refractivity contribution is -0.139. The summed E-state index contributed by atoms with van der Waals surface area (Å²) in [5.41, 5.74) is 0. The van der Waals surface area contributed by atoms with Gasteiger partial charge in [-0.2, -0.15) is 0 Å². The second-order valence-electron chi connectivity index (χ2n) is 7.65. The molecule has 140 valence electrons. The Morgan fingerprint density at radius 1 is 1.32 bits per heavy atom. The van der Waals surface area contributed by atoms with Gasteiger partial charge in [0.15, 0.2) is 0 Å². The topological polar surface area (TPSA) is 52.7 Å². The first-order chi connectivity index (χ1) is 11.9. The van der Waals surface area contributed by atoms with Crippen LogP contribution in [-0.4, -0.2) is 53.8 Å². The largest absolute Gasteiger partial charge is 0.353 e. The van der Waals surface area contributed by atoms with Gasteiger partial charge < -0.3 is 10.2 Å². The average molecular weight is 366 g/mol. The predicted octanol–water partition coefficient (Wildman–Crippen LogP) is 2.58. The number of thiophene rings is 1. The number of hydrogen-bond acceptors (Lipinski definition) is 4. The maximum Gasteiger partial charge on any atom is 0.237 e. The predicted molar refractivity (Wildman–Crippen MR) is 102 cm³/mol. The summed E-state index contributed by atoms with van der Waals surface area (Å²) in [5, 5.41) is 4.97. The first kappa shape index (κ1) is 19.9. The molecule has 2 heterocycles. The lowest BCUT2D eigenvalue weighted by Gasteiger charge is -2.36. The summed E-state index contributed by atoms with van der Waals surface area (Å²) in [6.07, 6.45) is 0.261. The number of carbonyl (C=O) groups is 2. The molecule has 5 nitrogen and oxygen atoms in total. The standard InChI is InChI=1S/C19H31N3O2S/c1-14(2)11-22(12-15(3)4)18(23)10-17-19(24)20-7-8-21(17)13-16-6-5-9-25-16/h5-6,9,14-15,17H,7-8,10-13H2,1-4H3,(H,20,24)/t17-/m0/s1. The maximum absolute atomic E-state index is 12.9. The van der Waals surface area contributed by atoms with Gasteiger partial charge >= 0.3 is 0 Å². The highest BCUT2D eigenvalue weighted by atomic mass is 32.1. The Kier molecular flexibility index (Phi) is 7.44. The van der Waals surface area contributed by atoms with Crippen LogP contribution in [0.3, 0.4) is 0 Å². The summed E-state index contributed by atoms with van der Waals surface area (Å²) in [5.74, 6) is 0.904. The molecule has 2 amide bonds. The van der Waals surface area contributed by atoms with Gasteiger partial charge in [-0.25, -0.2) is 0 Å². The van der Waals surface area contributed by atoms with Gasteiger partial charge in [0.1, 0.15) is 0 Å². The smallest absolute Gasteiger partial charge is 0.237 e. The van der Waals surface area contributed by atoms with Gasteiger partial charge in [0.2, 0.25) is 11.8 Å². The van der Waals surface area contributed by atoms with Crippen molar-refractivity contribution >= 4 is 23.2 Å². The SMILES string of the molecule is CC(C)CN(CC(C)C)C(=O)C[C@H]1C(=O)NCCN1Cc1cccs1. The number of hydrogen-bond donors (Lipinski definition) is 1. The van der Waals surface area contributed by atoms with Gasteiger partial charge in [0, 0.05) is 37.6 Å². The zero-order chi connectivity index (χ0) is 18.4. The molecule has 1 saturated heterocycles. The number of nitrogens with one attached hydrogen (secondary N) is 1. The molecule has 1 aliphatic rings. The molecule has 1 aromatic rings. The first-order valence-corrected chi connectivity index (χ1v) is 10.1. The van der Waals surface area contributed by atoms with Crippen molar-refractivity contribution in [2.24, 2.45) is 11.8 Å². The van der Waals surface area contributed by atoms with Crippen LogP contribution in [0.4, 0.5) is 0 Å². The number of amides is 2. The van der Waals surface area contributed by atoms with Gasteiger partial charge in [-0.15, -0.1) is 11.3 Å². The number of rotatable bonds is 8. The van der Waals surface area contributed by atoms with Crippen LogP contribution in [0, 0.1) is 11.8 Å². The first-order valence-electron chi connectivity index (χ1n) is 9.18. The minimum absolute atomic E-state index is 0.0230. The normalized spacial score (nSPS) is 18.6. The third kappa shape index (κ3) is 6.12. The molecule has 1 N–H and O–H groups in total. The fourth-order valence-corrected chi connectivity index (χ4v) is 3.96. The van der Waals surface area contributed by atoms with E-state index in [1.165, 1.54) is 4.88 Å². The summed E-state index contributed by atoms with van der Waals surface area (Å²) in [4.78, 5) is 30.6. The maximum atomic E-state index is 12.9. The van der Waals surface area contributed by atoms with Crippen molar-refractivity contribution in [1.29, 1.82) is 0 Å². The Hall–Kier alpha value is -1.40. The van der Waals surface area contributed by atoms with Crippen LogP contribution in [0.25, 0.3) is 0 Å². The minimum Gasteiger partial charge on any atom is -0.353 e. The molecular formula is C19H31N3O2S. The van der Waals surface area contributed by atoms with E-state index in [4.69, 9.17) is 0 Å². The average Bonchev–Trinajstić information content (AvgIpc) is 3.02.